The van der Waals surface area contributed by atoms with Gasteiger partial charge < -0.3 is 9.47 Å². The average Bonchev–Trinajstić information content (AvgIpc) is 3.00. The van der Waals surface area contributed by atoms with Crippen LogP contribution in [-0.2, 0) is 14.9 Å². The molecule has 0 unspecified atom stereocenters. The summed E-state index contributed by atoms with van der Waals surface area (Å²) in [5.41, 5.74) is 0.215. The van der Waals surface area contributed by atoms with E-state index in [-0.39, 0.29) is 17.4 Å². The van der Waals surface area contributed by atoms with Crippen molar-refractivity contribution in [3.63, 3.8) is 0 Å². The second kappa shape index (κ2) is 6.66. The Kier molecular flexibility index (Phi) is 4.66. The van der Waals surface area contributed by atoms with Crippen molar-refractivity contribution in [2.24, 2.45) is 17.8 Å². The second-order valence-corrected chi connectivity index (χ2v) is 10.3. The molecule has 4 nitrogen and oxygen atoms in total. The van der Waals surface area contributed by atoms with E-state index in [1.807, 2.05) is 0 Å². The molecule has 0 radical (unpaired) electrons. The highest BCUT2D eigenvalue weighted by Crippen LogP contribution is 2.63. The molecular weight excluding hydrogens is 355 g/mol. The normalized spacial score (nSPS) is 33.0. The molecule has 136 valence electrons. The van der Waals surface area contributed by atoms with Gasteiger partial charge in [-0.05, 0) is 78.3 Å². The summed E-state index contributed by atoms with van der Waals surface area (Å²) in [6, 6.07) is 0. The van der Waals surface area contributed by atoms with E-state index in [1.165, 1.54) is 54.5 Å². The molecule has 1 aromatic heterocycles. The molecule has 4 bridgehead atoms. The molecule has 0 aromatic carbocycles. The van der Waals surface area contributed by atoms with E-state index in [0.29, 0.717) is 23.4 Å². The van der Waals surface area contributed by atoms with Crippen LogP contribution in [0.2, 0.25) is 0 Å². The van der Waals surface area contributed by atoms with Crippen molar-refractivity contribution in [1.82, 2.24) is 0 Å². The quantitative estimate of drug-likeness (QED) is 0.663. The van der Waals surface area contributed by atoms with Gasteiger partial charge in [-0.3, -0.25) is 0 Å². The minimum atomic E-state index is -0.372. The second-order valence-electron chi connectivity index (χ2n) is 7.84. The van der Waals surface area contributed by atoms with E-state index in [0.717, 1.165) is 25.9 Å². The number of carbonyl (C=O) groups excluding carboxylic acids is 2. The predicted octanol–water partition coefficient (Wildman–Crippen LogP) is 5.15. The molecule has 0 N–H and O–H groups in total. The Morgan fingerprint density at radius 3 is 2.04 bits per heavy atom. The maximum Gasteiger partial charge on any atom is 0.349 e. The summed E-state index contributed by atoms with van der Waals surface area (Å²) >= 11 is 1.52. The monoisotopic (exact) mass is 380 g/mol. The molecular formula is C19H25O4PS. The van der Waals surface area contributed by atoms with E-state index in [9.17, 15) is 9.59 Å². The molecule has 0 spiro atoms. The van der Waals surface area contributed by atoms with Crippen LogP contribution in [0.4, 0.5) is 0 Å². The Morgan fingerprint density at radius 2 is 1.52 bits per heavy atom. The number of hydrogen-bond donors (Lipinski definition) is 0. The van der Waals surface area contributed by atoms with Gasteiger partial charge in [0.05, 0.1) is 13.2 Å². The fraction of sp³-hybridized carbons (Fsp3) is 0.737. The summed E-state index contributed by atoms with van der Waals surface area (Å²) in [4.78, 5) is 25.3. The van der Waals surface area contributed by atoms with Crippen LogP contribution in [-0.4, -0.2) is 25.2 Å². The van der Waals surface area contributed by atoms with Gasteiger partial charge in [-0.15, -0.1) is 11.3 Å². The van der Waals surface area contributed by atoms with Crippen LogP contribution < -0.4 is 0 Å². The van der Waals surface area contributed by atoms with E-state index < -0.39 is 0 Å². The van der Waals surface area contributed by atoms with Crippen molar-refractivity contribution < 1.29 is 19.1 Å². The van der Waals surface area contributed by atoms with Crippen LogP contribution in [0.3, 0.4) is 0 Å². The molecule has 4 saturated carbocycles. The highest BCUT2D eigenvalue weighted by Gasteiger charge is 2.53. The Labute approximate surface area is 154 Å². The van der Waals surface area contributed by atoms with Crippen molar-refractivity contribution in [2.75, 3.05) is 13.2 Å². The molecule has 5 rings (SSSR count). The first-order chi connectivity index (χ1) is 12.0. The van der Waals surface area contributed by atoms with Crippen LogP contribution in [0.25, 0.3) is 0 Å². The van der Waals surface area contributed by atoms with Crippen molar-refractivity contribution >= 4 is 31.5 Å². The van der Waals surface area contributed by atoms with Gasteiger partial charge in [0, 0.05) is 10.0 Å². The first-order valence-corrected chi connectivity index (χ1v) is 11.1. The van der Waals surface area contributed by atoms with E-state index in [1.54, 1.807) is 13.8 Å². The Bertz CT molecular complexity index is 625. The minimum Gasteiger partial charge on any atom is -0.462 e. The van der Waals surface area contributed by atoms with Crippen LogP contribution >= 0.6 is 19.5 Å². The van der Waals surface area contributed by atoms with Gasteiger partial charge in [0.25, 0.3) is 0 Å². The summed E-state index contributed by atoms with van der Waals surface area (Å²) in [5.74, 6) is 1.79. The first-order valence-electron chi connectivity index (χ1n) is 9.40. The van der Waals surface area contributed by atoms with Gasteiger partial charge in [-0.2, -0.15) is 0 Å². The molecule has 0 saturated heterocycles. The van der Waals surface area contributed by atoms with E-state index in [2.05, 4.69) is 0 Å². The zero-order valence-electron chi connectivity index (χ0n) is 14.9. The summed E-state index contributed by atoms with van der Waals surface area (Å²) in [6.45, 7) is 4.24. The number of esters is 2. The molecule has 25 heavy (non-hydrogen) atoms. The van der Waals surface area contributed by atoms with Crippen LogP contribution in [0.1, 0.15) is 76.7 Å². The molecule has 0 amide bonds. The molecule has 0 aliphatic heterocycles. The lowest BCUT2D eigenvalue weighted by Gasteiger charge is -2.56. The van der Waals surface area contributed by atoms with Gasteiger partial charge in [0.2, 0.25) is 0 Å². The molecule has 1 heterocycles. The first kappa shape index (κ1) is 17.5. The molecule has 4 aliphatic carbocycles. The summed E-state index contributed by atoms with van der Waals surface area (Å²) in [5, 5.41) is 0.496. The van der Waals surface area contributed by atoms with Crippen LogP contribution in [0.15, 0.2) is 0 Å². The van der Waals surface area contributed by atoms with Gasteiger partial charge in [0.1, 0.15) is 10.2 Å². The molecule has 0 atom stereocenters. The van der Waals surface area contributed by atoms with Crippen LogP contribution in [0, 0.1) is 17.8 Å². The van der Waals surface area contributed by atoms with E-state index in [4.69, 9.17) is 9.47 Å². The van der Waals surface area contributed by atoms with Gasteiger partial charge in [0.15, 0.2) is 0 Å². The van der Waals surface area contributed by atoms with Crippen molar-refractivity contribution in [1.29, 1.82) is 0 Å². The topological polar surface area (TPSA) is 52.6 Å². The lowest BCUT2D eigenvalue weighted by Crippen LogP contribution is -2.47. The standard InChI is InChI=1S/C19H25O4PS/c1-3-22-16(20)14-15(17(21)23-4-2)25-18(24-14)19-8-11-5-12(9-19)7-13(6-11)10-19/h11-13H,3-10H2,1-2H3. The fourth-order valence-corrected chi connectivity index (χ4v) is 8.64. The minimum absolute atomic E-state index is 0.215. The third-order valence-electron chi connectivity index (χ3n) is 6.05. The highest BCUT2D eigenvalue weighted by atomic mass is 32.1. The highest BCUT2D eigenvalue weighted by molar-refractivity contribution is 7.45. The maximum absolute atomic E-state index is 12.4. The number of rotatable bonds is 5. The Morgan fingerprint density at radius 1 is 1.00 bits per heavy atom. The zero-order valence-corrected chi connectivity index (χ0v) is 16.6. The Balaban J connectivity index is 1.71. The third kappa shape index (κ3) is 3.04. The van der Waals surface area contributed by atoms with Crippen molar-refractivity contribution in [2.45, 2.75) is 57.8 Å². The number of hydrogen-bond acceptors (Lipinski definition) is 5. The van der Waals surface area contributed by atoms with Crippen molar-refractivity contribution in [3.05, 3.63) is 14.8 Å². The van der Waals surface area contributed by atoms with E-state index >= 15 is 0 Å². The summed E-state index contributed by atoms with van der Waals surface area (Å²) in [7, 11) is 0.889. The molecule has 6 heteroatoms. The Hall–Kier alpha value is -0.930. The lowest BCUT2D eigenvalue weighted by molar-refractivity contribution is -0.00192. The number of ether oxygens (including phenoxy) is 2. The largest absolute Gasteiger partial charge is 0.462 e. The smallest absolute Gasteiger partial charge is 0.349 e. The average molecular weight is 380 g/mol. The SMILES string of the molecule is CCOC(=O)c1pc(C23CC4CC(CC(C4)C2)C3)sc1C(=O)OCC. The fourth-order valence-electron chi connectivity index (χ4n) is 5.59. The van der Waals surface area contributed by atoms with Gasteiger partial charge in [-0.25, -0.2) is 9.59 Å². The molecule has 4 fully saturated rings. The maximum atomic E-state index is 12.4. The molecule has 4 aliphatic rings. The zero-order chi connectivity index (χ0) is 17.6. The van der Waals surface area contributed by atoms with Gasteiger partial charge in [-0.1, -0.05) is 0 Å². The lowest BCUT2D eigenvalue weighted by atomic mass is 9.50. The summed E-state index contributed by atoms with van der Waals surface area (Å²) < 4.78 is 11.7. The van der Waals surface area contributed by atoms with Crippen molar-refractivity contribution in [3.8, 4) is 0 Å². The van der Waals surface area contributed by atoms with Crippen LogP contribution in [0.5, 0.6) is 0 Å². The molecule has 1 aromatic rings. The third-order valence-corrected chi connectivity index (χ3v) is 9.26. The van der Waals surface area contributed by atoms with Gasteiger partial charge >= 0.3 is 11.9 Å². The number of carbonyl (C=O) groups is 2. The summed E-state index contributed by atoms with van der Waals surface area (Å²) in [6.07, 6.45) is 7.87. The predicted molar refractivity (Wildman–Crippen MR) is 98.6 cm³/mol.